The molecule has 9 rings (SSSR count). The second-order valence-electron chi connectivity index (χ2n) is 11.0. The van der Waals surface area contributed by atoms with E-state index >= 15 is 0 Å². The molecule has 43 heavy (non-hydrogen) atoms. The Morgan fingerprint density at radius 3 is 1.84 bits per heavy atom. The zero-order valence-corrected chi connectivity index (χ0v) is 23.2. The molecule has 0 bridgehead atoms. The molecule has 0 fully saturated rings. The van der Waals surface area contributed by atoms with Crippen molar-refractivity contribution in [1.82, 2.24) is 0 Å². The number of para-hydroxylation sites is 3. The molecule has 3 nitrogen and oxygen atoms in total. The lowest BCUT2D eigenvalue weighted by Crippen LogP contribution is -2.10. The van der Waals surface area contributed by atoms with Gasteiger partial charge in [-0.3, -0.25) is 0 Å². The van der Waals surface area contributed by atoms with Crippen LogP contribution in [0.3, 0.4) is 0 Å². The molecule has 0 spiro atoms. The standard InChI is InChI=1S/C40H25NO2/c1-2-9-26(10-3-1)27-17-20-30(21-18-27)41(36-14-8-13-34-32-11-4-7-16-38(32)43-40(34)36)31-22-19-28-24-35-33-12-5-6-15-37(33)42-39(35)25-29(28)23-31/h1-25H. The Morgan fingerprint density at radius 1 is 0.372 bits per heavy atom. The van der Waals surface area contributed by atoms with Crippen LogP contribution in [-0.4, -0.2) is 0 Å². The van der Waals surface area contributed by atoms with Crippen molar-refractivity contribution in [1.29, 1.82) is 0 Å². The number of hydrogen-bond acceptors (Lipinski definition) is 3. The third kappa shape index (κ3) is 3.83. The van der Waals surface area contributed by atoms with E-state index in [-0.39, 0.29) is 0 Å². The van der Waals surface area contributed by atoms with Crippen LogP contribution in [0, 0.1) is 0 Å². The van der Waals surface area contributed by atoms with Crippen molar-refractivity contribution in [2.45, 2.75) is 0 Å². The number of benzene rings is 7. The summed E-state index contributed by atoms with van der Waals surface area (Å²) in [5.41, 5.74) is 9.01. The molecule has 0 aliphatic rings. The van der Waals surface area contributed by atoms with Gasteiger partial charge < -0.3 is 13.7 Å². The van der Waals surface area contributed by atoms with Crippen LogP contribution in [0.5, 0.6) is 0 Å². The zero-order valence-electron chi connectivity index (χ0n) is 23.2. The summed E-state index contributed by atoms with van der Waals surface area (Å²) in [6.45, 7) is 0. The van der Waals surface area contributed by atoms with Gasteiger partial charge in [0, 0.05) is 32.9 Å². The number of hydrogen-bond donors (Lipinski definition) is 0. The molecule has 0 atom stereocenters. The van der Waals surface area contributed by atoms with Gasteiger partial charge in [0.25, 0.3) is 0 Å². The minimum absolute atomic E-state index is 0.865. The third-order valence-corrected chi connectivity index (χ3v) is 8.43. The topological polar surface area (TPSA) is 29.5 Å². The SMILES string of the molecule is c1ccc(-c2ccc(N(c3ccc4cc5c(cc4c3)oc3ccccc35)c3cccc4c3oc3ccccc34)cc2)cc1. The first-order chi connectivity index (χ1) is 21.3. The second kappa shape index (κ2) is 9.37. The van der Waals surface area contributed by atoms with E-state index in [4.69, 9.17) is 8.83 Å². The molecule has 2 aromatic heterocycles. The molecule has 0 aliphatic carbocycles. The van der Waals surface area contributed by atoms with Crippen molar-refractivity contribution >= 4 is 71.7 Å². The number of anilines is 3. The van der Waals surface area contributed by atoms with Gasteiger partial charge in [-0.2, -0.15) is 0 Å². The van der Waals surface area contributed by atoms with Crippen LogP contribution in [0.2, 0.25) is 0 Å². The summed E-state index contributed by atoms with van der Waals surface area (Å²) in [7, 11) is 0. The normalized spacial score (nSPS) is 11.7. The molecule has 9 aromatic rings. The average molecular weight is 552 g/mol. The highest BCUT2D eigenvalue weighted by Gasteiger charge is 2.20. The maximum absolute atomic E-state index is 6.52. The number of nitrogens with zero attached hydrogens (tertiary/aromatic N) is 1. The molecule has 0 saturated carbocycles. The summed E-state index contributed by atoms with van der Waals surface area (Å²) in [5, 5.41) is 6.78. The van der Waals surface area contributed by atoms with Crippen LogP contribution in [0.15, 0.2) is 160 Å². The quantitative estimate of drug-likeness (QED) is 0.218. The van der Waals surface area contributed by atoms with Gasteiger partial charge in [-0.05, 0) is 76.5 Å². The molecule has 0 radical (unpaired) electrons. The predicted octanol–water partition coefficient (Wildman–Crippen LogP) is 11.8. The summed E-state index contributed by atoms with van der Waals surface area (Å²) < 4.78 is 12.8. The fourth-order valence-electron chi connectivity index (χ4n) is 6.36. The van der Waals surface area contributed by atoms with E-state index in [1.807, 2.05) is 30.3 Å². The van der Waals surface area contributed by atoms with Crippen molar-refractivity contribution in [3.05, 3.63) is 152 Å². The highest BCUT2D eigenvalue weighted by molar-refractivity contribution is 6.12. The molecule has 202 valence electrons. The van der Waals surface area contributed by atoms with Crippen molar-refractivity contribution in [3.8, 4) is 11.1 Å². The highest BCUT2D eigenvalue weighted by Crippen LogP contribution is 2.43. The van der Waals surface area contributed by atoms with Gasteiger partial charge in [-0.25, -0.2) is 0 Å². The maximum atomic E-state index is 6.52. The molecule has 0 amide bonds. The van der Waals surface area contributed by atoms with E-state index in [1.54, 1.807) is 0 Å². The van der Waals surface area contributed by atoms with Gasteiger partial charge in [0.05, 0.1) is 5.69 Å². The highest BCUT2D eigenvalue weighted by atomic mass is 16.3. The zero-order chi connectivity index (χ0) is 28.3. The Balaban J connectivity index is 1.26. The van der Waals surface area contributed by atoms with Crippen LogP contribution in [0.25, 0.3) is 65.8 Å². The molecule has 0 N–H and O–H groups in total. The molecule has 7 aromatic carbocycles. The number of fused-ring (bicyclic) bond motifs is 7. The van der Waals surface area contributed by atoms with Gasteiger partial charge in [-0.15, -0.1) is 0 Å². The van der Waals surface area contributed by atoms with Crippen molar-refractivity contribution < 1.29 is 8.83 Å². The summed E-state index contributed by atoms with van der Waals surface area (Å²) in [6.07, 6.45) is 0. The molecule has 0 unspecified atom stereocenters. The third-order valence-electron chi connectivity index (χ3n) is 8.43. The molecular weight excluding hydrogens is 526 g/mol. The summed E-state index contributed by atoms with van der Waals surface area (Å²) in [5.74, 6) is 0. The lowest BCUT2D eigenvalue weighted by Gasteiger charge is -2.26. The monoisotopic (exact) mass is 551 g/mol. The van der Waals surface area contributed by atoms with E-state index in [0.717, 1.165) is 66.3 Å². The second-order valence-corrected chi connectivity index (χ2v) is 11.0. The van der Waals surface area contributed by atoms with Gasteiger partial charge in [0.1, 0.15) is 16.7 Å². The smallest absolute Gasteiger partial charge is 0.159 e. The van der Waals surface area contributed by atoms with Gasteiger partial charge in [0.15, 0.2) is 5.58 Å². The summed E-state index contributed by atoms with van der Waals surface area (Å²) >= 11 is 0. The number of rotatable bonds is 4. The Hall–Kier alpha value is -5.80. The first-order valence-electron chi connectivity index (χ1n) is 14.5. The Labute approximate surface area is 247 Å². The first-order valence-corrected chi connectivity index (χ1v) is 14.5. The van der Waals surface area contributed by atoms with Gasteiger partial charge >= 0.3 is 0 Å². The summed E-state index contributed by atoms with van der Waals surface area (Å²) in [4.78, 5) is 2.29. The van der Waals surface area contributed by atoms with Crippen LogP contribution >= 0.6 is 0 Å². The first kappa shape index (κ1) is 23.9. The van der Waals surface area contributed by atoms with E-state index in [0.29, 0.717) is 0 Å². The van der Waals surface area contributed by atoms with E-state index < -0.39 is 0 Å². The molecule has 3 heteroatoms. The van der Waals surface area contributed by atoms with E-state index in [1.165, 1.54) is 16.5 Å². The van der Waals surface area contributed by atoms with Crippen molar-refractivity contribution in [2.75, 3.05) is 4.90 Å². The molecule has 0 aliphatic heterocycles. The van der Waals surface area contributed by atoms with Crippen LogP contribution in [0.1, 0.15) is 0 Å². The van der Waals surface area contributed by atoms with Crippen LogP contribution < -0.4 is 4.90 Å². The minimum atomic E-state index is 0.865. The van der Waals surface area contributed by atoms with E-state index in [9.17, 15) is 0 Å². The van der Waals surface area contributed by atoms with Gasteiger partial charge in [-0.1, -0.05) is 97.1 Å². The fourth-order valence-corrected chi connectivity index (χ4v) is 6.36. The van der Waals surface area contributed by atoms with Crippen LogP contribution in [0.4, 0.5) is 17.1 Å². The lowest BCUT2D eigenvalue weighted by molar-refractivity contribution is 0.669. The maximum Gasteiger partial charge on any atom is 0.159 e. The van der Waals surface area contributed by atoms with E-state index in [2.05, 4.69) is 126 Å². The minimum Gasteiger partial charge on any atom is -0.456 e. The molecule has 2 heterocycles. The predicted molar refractivity (Wildman–Crippen MR) is 179 cm³/mol. The molecule has 0 saturated heterocycles. The van der Waals surface area contributed by atoms with Crippen molar-refractivity contribution in [2.24, 2.45) is 0 Å². The molecular formula is C40H25NO2. The summed E-state index contributed by atoms with van der Waals surface area (Å²) in [6, 6.07) is 53.1. The van der Waals surface area contributed by atoms with Gasteiger partial charge in [0.2, 0.25) is 0 Å². The fraction of sp³-hybridized carbons (Fsp3) is 0. The van der Waals surface area contributed by atoms with Crippen LogP contribution in [-0.2, 0) is 0 Å². The Morgan fingerprint density at radius 2 is 1.02 bits per heavy atom. The number of furan rings is 2. The largest absolute Gasteiger partial charge is 0.456 e. The Bertz CT molecular complexity index is 2450. The lowest BCUT2D eigenvalue weighted by atomic mass is 10.0. The average Bonchev–Trinajstić information content (AvgIpc) is 3.63. The van der Waals surface area contributed by atoms with Crippen molar-refractivity contribution in [3.63, 3.8) is 0 Å². The Kier molecular flexibility index (Phi) is 5.20.